The summed E-state index contributed by atoms with van der Waals surface area (Å²) in [5.74, 6) is 0.648. The highest BCUT2D eigenvalue weighted by atomic mass is 15.3. The van der Waals surface area contributed by atoms with Crippen molar-refractivity contribution in [3.05, 3.63) is 30.1 Å². The van der Waals surface area contributed by atoms with Crippen molar-refractivity contribution >= 4 is 0 Å². The Labute approximate surface area is 130 Å². The van der Waals surface area contributed by atoms with E-state index in [0.717, 1.165) is 13.1 Å². The van der Waals surface area contributed by atoms with E-state index in [1.807, 2.05) is 12.3 Å². The lowest BCUT2D eigenvalue weighted by Crippen LogP contribution is -2.65. The van der Waals surface area contributed by atoms with Crippen molar-refractivity contribution in [2.45, 2.75) is 65.1 Å². The highest BCUT2D eigenvalue weighted by molar-refractivity contribution is 5.10. The minimum Gasteiger partial charge on any atom is -0.308 e. The lowest BCUT2D eigenvalue weighted by molar-refractivity contribution is 0.0201. The van der Waals surface area contributed by atoms with Gasteiger partial charge in [0, 0.05) is 36.9 Å². The Hall–Kier alpha value is -0.930. The lowest BCUT2D eigenvalue weighted by Gasteiger charge is -2.51. The summed E-state index contributed by atoms with van der Waals surface area (Å²) in [6.45, 7) is 13.8. The van der Waals surface area contributed by atoms with Gasteiger partial charge in [0.05, 0.1) is 5.69 Å². The number of rotatable bonds is 5. The van der Waals surface area contributed by atoms with Gasteiger partial charge in [0.2, 0.25) is 0 Å². The Morgan fingerprint density at radius 1 is 1.29 bits per heavy atom. The van der Waals surface area contributed by atoms with E-state index in [1.165, 1.54) is 18.5 Å². The first kappa shape index (κ1) is 16.4. The number of hydrogen-bond acceptors (Lipinski definition) is 3. The van der Waals surface area contributed by atoms with Gasteiger partial charge in [-0.1, -0.05) is 33.8 Å². The molecule has 2 rings (SSSR count). The number of piperazine rings is 1. The van der Waals surface area contributed by atoms with Crippen LogP contribution in [0, 0.1) is 5.92 Å². The largest absolute Gasteiger partial charge is 0.308 e. The Morgan fingerprint density at radius 3 is 2.52 bits per heavy atom. The zero-order chi connectivity index (χ0) is 15.5. The second kappa shape index (κ2) is 6.89. The van der Waals surface area contributed by atoms with Gasteiger partial charge in [-0.05, 0) is 37.8 Å². The molecule has 0 spiro atoms. The van der Waals surface area contributed by atoms with Gasteiger partial charge in [0.25, 0.3) is 0 Å². The van der Waals surface area contributed by atoms with E-state index in [9.17, 15) is 0 Å². The minimum absolute atomic E-state index is 0.258. The van der Waals surface area contributed by atoms with Gasteiger partial charge in [0.15, 0.2) is 0 Å². The molecule has 3 heteroatoms. The van der Waals surface area contributed by atoms with Crippen LogP contribution in [-0.2, 0) is 0 Å². The molecule has 0 amide bonds. The number of nitrogens with one attached hydrogen (secondary N) is 1. The zero-order valence-corrected chi connectivity index (χ0v) is 14.3. The van der Waals surface area contributed by atoms with Crippen molar-refractivity contribution in [2.75, 3.05) is 13.1 Å². The molecule has 3 nitrogen and oxygen atoms in total. The van der Waals surface area contributed by atoms with E-state index in [1.54, 1.807) is 0 Å². The summed E-state index contributed by atoms with van der Waals surface area (Å²) in [6.07, 6.45) is 4.27. The number of nitrogens with zero attached hydrogens (tertiary/aromatic N) is 2. The molecule has 21 heavy (non-hydrogen) atoms. The molecule has 2 unspecified atom stereocenters. The molecule has 0 saturated carbocycles. The van der Waals surface area contributed by atoms with Gasteiger partial charge >= 0.3 is 0 Å². The molecule has 0 aliphatic carbocycles. The maximum absolute atomic E-state index is 4.58. The van der Waals surface area contributed by atoms with Crippen molar-refractivity contribution < 1.29 is 0 Å². The summed E-state index contributed by atoms with van der Waals surface area (Å²) in [5.41, 5.74) is 1.44. The molecule has 0 radical (unpaired) electrons. The molecule has 1 aliphatic heterocycles. The van der Waals surface area contributed by atoms with Crippen molar-refractivity contribution in [1.82, 2.24) is 15.2 Å². The van der Waals surface area contributed by atoms with Gasteiger partial charge in [-0.3, -0.25) is 9.88 Å². The number of pyridine rings is 1. The van der Waals surface area contributed by atoms with Crippen molar-refractivity contribution in [3.63, 3.8) is 0 Å². The van der Waals surface area contributed by atoms with Crippen LogP contribution in [0.5, 0.6) is 0 Å². The van der Waals surface area contributed by atoms with Gasteiger partial charge in [0.1, 0.15) is 0 Å². The predicted molar refractivity (Wildman–Crippen MR) is 89.3 cm³/mol. The molecule has 1 aliphatic rings. The molecule has 2 atom stereocenters. The molecule has 0 bridgehead atoms. The highest BCUT2D eigenvalue weighted by Crippen LogP contribution is 2.31. The van der Waals surface area contributed by atoms with Crippen LogP contribution in [0.4, 0.5) is 0 Å². The Morgan fingerprint density at radius 2 is 2.00 bits per heavy atom. The van der Waals surface area contributed by atoms with Crippen molar-refractivity contribution in [3.8, 4) is 0 Å². The summed E-state index contributed by atoms with van der Waals surface area (Å²) in [6, 6.07) is 7.20. The second-order valence-corrected chi connectivity index (χ2v) is 6.78. The molecule has 2 heterocycles. The van der Waals surface area contributed by atoms with Gasteiger partial charge in [-0.2, -0.15) is 0 Å². The molecular weight excluding hydrogens is 258 g/mol. The van der Waals surface area contributed by atoms with Crippen LogP contribution in [0.25, 0.3) is 0 Å². The predicted octanol–water partition coefficient (Wildman–Crippen LogP) is 3.63. The van der Waals surface area contributed by atoms with Crippen LogP contribution in [0.3, 0.4) is 0 Å². The molecule has 1 aromatic heterocycles. The first-order valence-corrected chi connectivity index (χ1v) is 8.44. The first-order chi connectivity index (χ1) is 10.0. The SMILES string of the molecule is CCC1(CC)CN(C(C)c2ccccn2)C(C(C)C)CN1. The minimum atomic E-state index is 0.258. The molecule has 1 N–H and O–H groups in total. The second-order valence-electron chi connectivity index (χ2n) is 6.78. The van der Waals surface area contributed by atoms with E-state index in [2.05, 4.69) is 62.0 Å². The lowest BCUT2D eigenvalue weighted by atomic mass is 9.85. The fraction of sp³-hybridized carbons (Fsp3) is 0.722. The van der Waals surface area contributed by atoms with E-state index < -0.39 is 0 Å². The fourth-order valence-corrected chi connectivity index (χ4v) is 3.52. The molecule has 0 aromatic carbocycles. The maximum Gasteiger partial charge on any atom is 0.0572 e. The van der Waals surface area contributed by atoms with Gasteiger partial charge in [-0.15, -0.1) is 0 Å². The van der Waals surface area contributed by atoms with E-state index >= 15 is 0 Å². The third-order valence-electron chi connectivity index (χ3n) is 5.33. The molecule has 118 valence electrons. The molecular formula is C18H31N3. The van der Waals surface area contributed by atoms with Crippen LogP contribution < -0.4 is 5.32 Å². The topological polar surface area (TPSA) is 28.2 Å². The summed E-state index contributed by atoms with van der Waals surface area (Å²) >= 11 is 0. The Kier molecular flexibility index (Phi) is 5.39. The summed E-state index contributed by atoms with van der Waals surface area (Å²) in [4.78, 5) is 7.26. The standard InChI is InChI=1S/C18H31N3/c1-6-18(7-2)13-21(17(12-20-18)14(3)4)15(5)16-10-8-9-11-19-16/h8-11,14-15,17,20H,6-7,12-13H2,1-5H3. The van der Waals surface area contributed by atoms with Crippen LogP contribution in [0.1, 0.15) is 59.2 Å². The summed E-state index contributed by atoms with van der Waals surface area (Å²) in [5, 5.41) is 3.84. The van der Waals surface area contributed by atoms with Crippen molar-refractivity contribution in [2.24, 2.45) is 5.92 Å². The van der Waals surface area contributed by atoms with Crippen LogP contribution >= 0.6 is 0 Å². The molecule has 1 aromatic rings. The summed E-state index contributed by atoms with van der Waals surface area (Å²) in [7, 11) is 0. The van der Waals surface area contributed by atoms with Crippen LogP contribution in [0.2, 0.25) is 0 Å². The molecule has 1 fully saturated rings. The smallest absolute Gasteiger partial charge is 0.0572 e. The summed E-state index contributed by atoms with van der Waals surface area (Å²) < 4.78 is 0. The van der Waals surface area contributed by atoms with Crippen LogP contribution in [0.15, 0.2) is 24.4 Å². The highest BCUT2D eigenvalue weighted by Gasteiger charge is 2.40. The Bertz CT molecular complexity index is 425. The van der Waals surface area contributed by atoms with E-state index in [0.29, 0.717) is 18.0 Å². The average Bonchev–Trinajstić information content (AvgIpc) is 2.54. The third kappa shape index (κ3) is 3.46. The maximum atomic E-state index is 4.58. The van der Waals surface area contributed by atoms with Crippen LogP contribution in [-0.4, -0.2) is 34.6 Å². The monoisotopic (exact) mass is 289 g/mol. The first-order valence-electron chi connectivity index (χ1n) is 8.44. The number of hydrogen-bond donors (Lipinski definition) is 1. The Balaban J connectivity index is 2.25. The fourth-order valence-electron chi connectivity index (χ4n) is 3.52. The quantitative estimate of drug-likeness (QED) is 0.897. The third-order valence-corrected chi connectivity index (χ3v) is 5.33. The number of aromatic nitrogens is 1. The van der Waals surface area contributed by atoms with E-state index in [-0.39, 0.29) is 5.54 Å². The normalized spacial score (nSPS) is 24.2. The average molecular weight is 289 g/mol. The van der Waals surface area contributed by atoms with Gasteiger partial charge in [-0.25, -0.2) is 0 Å². The van der Waals surface area contributed by atoms with Crippen molar-refractivity contribution in [1.29, 1.82) is 0 Å². The zero-order valence-electron chi connectivity index (χ0n) is 14.3. The van der Waals surface area contributed by atoms with Gasteiger partial charge < -0.3 is 5.32 Å². The molecule has 1 saturated heterocycles. The van der Waals surface area contributed by atoms with E-state index in [4.69, 9.17) is 0 Å².